The van der Waals surface area contributed by atoms with Crippen molar-refractivity contribution in [3.8, 4) is 10.4 Å². The molecule has 0 radical (unpaired) electrons. The van der Waals surface area contributed by atoms with Crippen LogP contribution in [-0.2, 0) is 0 Å². The minimum atomic E-state index is 0.0806. The zero-order chi connectivity index (χ0) is 10.8. The number of carbonyl (C=O) groups is 2. The van der Waals surface area contributed by atoms with Gasteiger partial charge in [0.05, 0.1) is 9.75 Å². The molecule has 0 fully saturated rings. The van der Waals surface area contributed by atoms with Crippen LogP contribution < -0.4 is 0 Å². The molecule has 0 unspecified atom stereocenters. The van der Waals surface area contributed by atoms with Crippen molar-refractivity contribution in [3.63, 3.8) is 0 Å². The second kappa shape index (κ2) is 4.08. The summed E-state index contributed by atoms with van der Waals surface area (Å²) in [5.41, 5.74) is 1.01. The summed E-state index contributed by atoms with van der Waals surface area (Å²) in [4.78, 5) is 24.1. The number of thiophene rings is 2. The number of Topliss-reactive ketones (excluding diaryl/α,β-unsaturated/α-hetero) is 1. The second-order valence-corrected chi connectivity index (χ2v) is 5.10. The van der Waals surface area contributed by atoms with E-state index in [-0.39, 0.29) is 5.78 Å². The first-order chi connectivity index (χ1) is 7.20. The van der Waals surface area contributed by atoms with E-state index < -0.39 is 0 Å². The van der Waals surface area contributed by atoms with Crippen molar-refractivity contribution in [2.45, 2.75) is 6.92 Å². The monoisotopic (exact) mass is 236 g/mol. The average Bonchev–Trinajstić information content (AvgIpc) is 2.86. The molecule has 2 heterocycles. The molecule has 0 atom stereocenters. The van der Waals surface area contributed by atoms with Gasteiger partial charge in [-0.2, -0.15) is 0 Å². The normalized spacial score (nSPS) is 10.2. The van der Waals surface area contributed by atoms with Gasteiger partial charge in [0.25, 0.3) is 0 Å². The molecule has 0 saturated heterocycles. The quantitative estimate of drug-likeness (QED) is 0.604. The molecular formula is C11H8O2S2. The smallest absolute Gasteiger partial charge is 0.169 e. The van der Waals surface area contributed by atoms with Crippen LogP contribution in [0.25, 0.3) is 10.4 Å². The number of hydrogen-bond donors (Lipinski definition) is 0. The molecule has 2 rings (SSSR count). The molecule has 0 aliphatic rings. The second-order valence-electron chi connectivity index (χ2n) is 3.08. The SMILES string of the molecule is CC(=O)c1ccc(-c2csc(C=O)c2)s1. The number of ketones is 1. The predicted octanol–water partition coefficient (Wildman–Crippen LogP) is 3.49. The number of carbonyl (C=O) groups excluding carboxylic acids is 2. The summed E-state index contributed by atoms with van der Waals surface area (Å²) in [5.74, 6) is 0.0806. The highest BCUT2D eigenvalue weighted by Crippen LogP contribution is 2.31. The van der Waals surface area contributed by atoms with Crippen molar-refractivity contribution in [1.29, 1.82) is 0 Å². The summed E-state index contributed by atoms with van der Waals surface area (Å²) in [6, 6.07) is 5.58. The van der Waals surface area contributed by atoms with E-state index in [1.165, 1.54) is 22.7 Å². The van der Waals surface area contributed by atoms with Crippen LogP contribution in [0.1, 0.15) is 26.3 Å². The van der Waals surface area contributed by atoms with Gasteiger partial charge in [0.1, 0.15) is 0 Å². The minimum Gasteiger partial charge on any atom is -0.297 e. The van der Waals surface area contributed by atoms with Crippen molar-refractivity contribution in [2.75, 3.05) is 0 Å². The summed E-state index contributed by atoms with van der Waals surface area (Å²) in [7, 11) is 0. The largest absolute Gasteiger partial charge is 0.297 e. The van der Waals surface area contributed by atoms with E-state index in [2.05, 4.69) is 0 Å². The lowest BCUT2D eigenvalue weighted by Gasteiger charge is -1.88. The van der Waals surface area contributed by atoms with E-state index in [9.17, 15) is 9.59 Å². The maximum absolute atomic E-state index is 11.1. The fourth-order valence-electron chi connectivity index (χ4n) is 1.23. The van der Waals surface area contributed by atoms with Crippen LogP contribution in [0.3, 0.4) is 0 Å². The van der Waals surface area contributed by atoms with E-state index in [0.29, 0.717) is 4.88 Å². The van der Waals surface area contributed by atoms with Crippen molar-refractivity contribution in [2.24, 2.45) is 0 Å². The average molecular weight is 236 g/mol. The highest BCUT2D eigenvalue weighted by Gasteiger charge is 2.07. The van der Waals surface area contributed by atoms with Gasteiger partial charge in [0, 0.05) is 15.8 Å². The van der Waals surface area contributed by atoms with Gasteiger partial charge in [-0.15, -0.1) is 22.7 Å². The van der Waals surface area contributed by atoms with Gasteiger partial charge in [-0.3, -0.25) is 9.59 Å². The first-order valence-electron chi connectivity index (χ1n) is 4.35. The molecule has 2 aromatic rings. The Morgan fingerprint density at radius 1 is 1.40 bits per heavy atom. The molecule has 4 heteroatoms. The lowest BCUT2D eigenvalue weighted by molar-refractivity contribution is 0.102. The van der Waals surface area contributed by atoms with Crippen molar-refractivity contribution in [1.82, 2.24) is 0 Å². The Morgan fingerprint density at radius 3 is 2.73 bits per heavy atom. The Labute approximate surface area is 95.2 Å². The zero-order valence-electron chi connectivity index (χ0n) is 8.02. The molecule has 0 N–H and O–H groups in total. The van der Waals surface area contributed by atoms with E-state index >= 15 is 0 Å². The van der Waals surface area contributed by atoms with Crippen LogP contribution in [0.2, 0.25) is 0 Å². The zero-order valence-corrected chi connectivity index (χ0v) is 9.65. The van der Waals surface area contributed by atoms with Crippen LogP contribution in [0.4, 0.5) is 0 Å². The van der Waals surface area contributed by atoms with E-state index in [1.807, 2.05) is 23.6 Å². The Morgan fingerprint density at radius 2 is 2.20 bits per heavy atom. The summed E-state index contributed by atoms with van der Waals surface area (Å²) >= 11 is 2.87. The molecule has 2 nitrogen and oxygen atoms in total. The summed E-state index contributed by atoms with van der Waals surface area (Å²) < 4.78 is 0. The maximum atomic E-state index is 11.1. The van der Waals surface area contributed by atoms with Gasteiger partial charge in [0.2, 0.25) is 0 Å². The molecular weight excluding hydrogens is 228 g/mol. The van der Waals surface area contributed by atoms with E-state index in [4.69, 9.17) is 0 Å². The predicted molar refractivity (Wildman–Crippen MR) is 63.0 cm³/mol. The van der Waals surface area contributed by atoms with Gasteiger partial charge in [0.15, 0.2) is 12.1 Å². The Kier molecular flexibility index (Phi) is 2.79. The molecule has 15 heavy (non-hydrogen) atoms. The lowest BCUT2D eigenvalue weighted by Crippen LogP contribution is -1.83. The first-order valence-corrected chi connectivity index (χ1v) is 6.05. The molecule has 2 aromatic heterocycles. The van der Waals surface area contributed by atoms with Crippen LogP contribution >= 0.6 is 22.7 Å². The maximum Gasteiger partial charge on any atom is 0.169 e. The van der Waals surface area contributed by atoms with Crippen LogP contribution in [0.5, 0.6) is 0 Å². The Hall–Kier alpha value is -1.26. The number of rotatable bonds is 3. The molecule has 0 aromatic carbocycles. The third-order valence-corrected chi connectivity index (χ3v) is 4.07. The summed E-state index contributed by atoms with van der Waals surface area (Å²) in [6.07, 6.45) is 0.841. The summed E-state index contributed by atoms with van der Waals surface area (Å²) in [6.45, 7) is 1.56. The fourth-order valence-corrected chi connectivity index (χ4v) is 2.90. The van der Waals surface area contributed by atoms with E-state index in [1.54, 1.807) is 6.92 Å². The first kappa shape index (κ1) is 10.3. The Balaban J connectivity index is 2.36. The van der Waals surface area contributed by atoms with Crippen molar-refractivity contribution >= 4 is 34.7 Å². The van der Waals surface area contributed by atoms with Crippen LogP contribution in [-0.4, -0.2) is 12.1 Å². The molecule has 0 bridgehead atoms. The van der Waals surface area contributed by atoms with Crippen molar-refractivity contribution < 1.29 is 9.59 Å². The Bertz CT molecular complexity index is 508. The van der Waals surface area contributed by atoms with Gasteiger partial charge in [-0.05, 0) is 25.1 Å². The van der Waals surface area contributed by atoms with Crippen LogP contribution in [0, 0.1) is 0 Å². The lowest BCUT2D eigenvalue weighted by atomic mass is 10.2. The molecule has 0 aliphatic carbocycles. The van der Waals surface area contributed by atoms with Gasteiger partial charge < -0.3 is 0 Å². The van der Waals surface area contributed by atoms with Gasteiger partial charge in [-0.25, -0.2) is 0 Å². The van der Waals surface area contributed by atoms with Crippen LogP contribution in [0.15, 0.2) is 23.6 Å². The highest BCUT2D eigenvalue weighted by molar-refractivity contribution is 7.18. The summed E-state index contributed by atoms with van der Waals surface area (Å²) in [5, 5.41) is 1.93. The van der Waals surface area contributed by atoms with Gasteiger partial charge in [-0.1, -0.05) is 0 Å². The molecule has 0 amide bonds. The van der Waals surface area contributed by atoms with Gasteiger partial charge >= 0.3 is 0 Å². The third kappa shape index (κ3) is 2.06. The topological polar surface area (TPSA) is 34.1 Å². The standard InChI is InChI=1S/C11H8O2S2/c1-7(13)10-2-3-11(15-10)8-4-9(5-12)14-6-8/h2-6H,1H3. The minimum absolute atomic E-state index is 0.0806. The van der Waals surface area contributed by atoms with Crippen molar-refractivity contribution in [3.05, 3.63) is 33.3 Å². The molecule has 0 saturated carbocycles. The fraction of sp³-hybridized carbons (Fsp3) is 0.0909. The third-order valence-electron chi connectivity index (χ3n) is 1.97. The highest BCUT2D eigenvalue weighted by atomic mass is 32.1. The molecule has 76 valence electrons. The number of aldehydes is 1. The van der Waals surface area contributed by atoms with E-state index in [0.717, 1.165) is 21.6 Å². The molecule has 0 spiro atoms. The molecule has 0 aliphatic heterocycles. The number of hydrogen-bond acceptors (Lipinski definition) is 4.